The zero-order valence-corrected chi connectivity index (χ0v) is 13.4. The number of hydrogen-bond acceptors (Lipinski definition) is 2. The quantitative estimate of drug-likeness (QED) is 0.742. The minimum Gasteiger partial charge on any atom is -0.381 e. The Labute approximate surface area is 131 Å². The van der Waals surface area contributed by atoms with Gasteiger partial charge in [-0.1, -0.05) is 12.2 Å². The second kappa shape index (κ2) is 4.77. The molecule has 1 aromatic carbocycles. The van der Waals surface area contributed by atoms with Crippen molar-refractivity contribution in [2.24, 2.45) is 17.8 Å². The van der Waals surface area contributed by atoms with Gasteiger partial charge in [0.1, 0.15) is 0 Å². The lowest BCUT2D eigenvalue weighted by atomic mass is 9.87. The largest absolute Gasteiger partial charge is 0.381 e. The number of aromatic nitrogens is 2. The number of allylic oxidation sites excluding steroid dienone is 2. The summed E-state index contributed by atoms with van der Waals surface area (Å²) in [6.07, 6.45) is 7.37. The molecule has 4 nitrogen and oxygen atoms in total. The molecule has 1 saturated carbocycles. The number of aromatic amines is 2. The maximum atomic E-state index is 11.4. The molecule has 0 spiro atoms. The third kappa shape index (κ3) is 2.24. The first-order valence-corrected chi connectivity index (χ1v) is 8.26. The van der Waals surface area contributed by atoms with Crippen molar-refractivity contribution in [1.82, 2.24) is 9.97 Å². The molecule has 3 N–H and O–H groups in total. The average Bonchev–Trinajstić information content (AvgIpc) is 3.13. The Morgan fingerprint density at radius 3 is 2.67 bits per heavy atom. The molecule has 110 valence electrons. The van der Waals surface area contributed by atoms with Crippen LogP contribution in [0.2, 0.25) is 0 Å². The molecule has 2 aliphatic rings. The van der Waals surface area contributed by atoms with Crippen LogP contribution in [0.4, 0.5) is 5.69 Å². The molecule has 1 fully saturated rings. The highest BCUT2D eigenvalue weighted by molar-refractivity contribution is 9.10. The Kier molecular flexibility index (Phi) is 2.99. The number of rotatable bonds is 3. The maximum absolute atomic E-state index is 11.4. The summed E-state index contributed by atoms with van der Waals surface area (Å²) in [6, 6.07) is 4.37. The second-order valence-electron chi connectivity index (χ2n) is 6.33. The lowest BCUT2D eigenvalue weighted by molar-refractivity contribution is 0.400. The Morgan fingerprint density at radius 1 is 1.24 bits per heavy atom. The summed E-state index contributed by atoms with van der Waals surface area (Å²) in [6.45, 7) is 2.26. The van der Waals surface area contributed by atoms with Gasteiger partial charge in [-0.15, -0.1) is 0 Å². The highest BCUT2D eigenvalue weighted by Gasteiger charge is 2.38. The number of benzene rings is 1. The molecule has 4 atom stereocenters. The maximum Gasteiger partial charge on any atom is 0.323 e. The van der Waals surface area contributed by atoms with Crippen LogP contribution in [0.15, 0.2) is 33.6 Å². The van der Waals surface area contributed by atoms with E-state index in [1.807, 2.05) is 12.1 Å². The van der Waals surface area contributed by atoms with Crippen molar-refractivity contribution in [1.29, 1.82) is 0 Å². The van der Waals surface area contributed by atoms with Crippen LogP contribution >= 0.6 is 15.9 Å². The van der Waals surface area contributed by atoms with Crippen molar-refractivity contribution in [2.75, 3.05) is 5.32 Å². The first-order valence-electron chi connectivity index (χ1n) is 7.46. The smallest absolute Gasteiger partial charge is 0.323 e. The molecule has 1 heterocycles. The zero-order valence-electron chi connectivity index (χ0n) is 11.8. The van der Waals surface area contributed by atoms with Crippen LogP contribution in [0.3, 0.4) is 0 Å². The molecule has 4 rings (SSSR count). The summed E-state index contributed by atoms with van der Waals surface area (Å²) >= 11 is 3.59. The number of hydrogen-bond donors (Lipinski definition) is 3. The van der Waals surface area contributed by atoms with Crippen LogP contribution in [0, 0.1) is 17.8 Å². The molecule has 2 aliphatic carbocycles. The van der Waals surface area contributed by atoms with Crippen LogP contribution in [0.1, 0.15) is 19.8 Å². The molecular formula is C16H18BrN3O. The molecule has 0 amide bonds. The summed E-state index contributed by atoms with van der Waals surface area (Å²) in [5.41, 5.74) is 2.54. The van der Waals surface area contributed by atoms with Crippen molar-refractivity contribution in [2.45, 2.75) is 25.8 Å². The summed E-state index contributed by atoms with van der Waals surface area (Å²) < 4.78 is 0.982. The molecule has 21 heavy (non-hydrogen) atoms. The van der Waals surface area contributed by atoms with Crippen LogP contribution in [-0.4, -0.2) is 16.0 Å². The van der Waals surface area contributed by atoms with E-state index in [1.54, 1.807) is 0 Å². The minimum atomic E-state index is -0.166. The van der Waals surface area contributed by atoms with Crippen molar-refractivity contribution in [3.8, 4) is 0 Å². The fourth-order valence-corrected chi connectivity index (χ4v) is 4.37. The van der Waals surface area contributed by atoms with Gasteiger partial charge in [-0.2, -0.15) is 0 Å². The van der Waals surface area contributed by atoms with E-state index in [2.05, 4.69) is 50.3 Å². The topological polar surface area (TPSA) is 60.7 Å². The summed E-state index contributed by atoms with van der Waals surface area (Å²) in [7, 11) is 0. The molecule has 4 unspecified atom stereocenters. The lowest BCUT2D eigenvalue weighted by Gasteiger charge is -2.27. The Bertz CT molecular complexity index is 775. The fourth-order valence-electron chi connectivity index (χ4n) is 3.92. The van der Waals surface area contributed by atoms with Gasteiger partial charge in [0, 0.05) is 10.5 Å². The highest BCUT2D eigenvalue weighted by Crippen LogP contribution is 2.45. The van der Waals surface area contributed by atoms with Crippen LogP contribution in [0.5, 0.6) is 0 Å². The normalized spacial score (nSPS) is 28.4. The first kappa shape index (κ1) is 13.2. The van der Waals surface area contributed by atoms with E-state index >= 15 is 0 Å². The van der Waals surface area contributed by atoms with Crippen LogP contribution < -0.4 is 11.0 Å². The third-order valence-corrected chi connectivity index (χ3v) is 5.62. The van der Waals surface area contributed by atoms with Gasteiger partial charge in [0.05, 0.1) is 16.7 Å². The van der Waals surface area contributed by atoms with E-state index in [0.29, 0.717) is 12.0 Å². The fraction of sp³-hybridized carbons (Fsp3) is 0.438. The minimum absolute atomic E-state index is 0.166. The molecule has 1 aromatic heterocycles. The van der Waals surface area contributed by atoms with E-state index < -0.39 is 0 Å². The number of imidazole rings is 1. The molecule has 0 radical (unpaired) electrons. The Hall–Kier alpha value is -1.49. The molecule has 2 bridgehead atoms. The number of fused-ring (bicyclic) bond motifs is 3. The summed E-state index contributed by atoms with van der Waals surface area (Å²) in [5, 5.41) is 3.62. The van der Waals surface area contributed by atoms with Crippen molar-refractivity contribution in [3.05, 3.63) is 39.2 Å². The van der Waals surface area contributed by atoms with Gasteiger partial charge in [0.15, 0.2) is 0 Å². The summed E-state index contributed by atoms with van der Waals surface area (Å²) in [4.78, 5) is 17.0. The van der Waals surface area contributed by atoms with E-state index in [-0.39, 0.29) is 5.69 Å². The van der Waals surface area contributed by atoms with Gasteiger partial charge >= 0.3 is 5.69 Å². The number of anilines is 1. The van der Waals surface area contributed by atoms with E-state index in [4.69, 9.17) is 0 Å². The molecular weight excluding hydrogens is 330 g/mol. The average molecular weight is 348 g/mol. The zero-order chi connectivity index (χ0) is 14.6. The number of H-pyrrole nitrogens is 2. The monoisotopic (exact) mass is 347 g/mol. The van der Waals surface area contributed by atoms with Gasteiger partial charge in [0.25, 0.3) is 0 Å². The van der Waals surface area contributed by atoms with Crippen molar-refractivity contribution in [3.63, 3.8) is 0 Å². The molecule has 0 aliphatic heterocycles. The molecule has 0 saturated heterocycles. The van der Waals surface area contributed by atoms with Gasteiger partial charge in [-0.25, -0.2) is 4.79 Å². The highest BCUT2D eigenvalue weighted by atomic mass is 79.9. The SMILES string of the molecule is CC(Nc1cc2[nH]c(=O)[nH]c2cc1Br)C1CC2C=CC1C2. The van der Waals surface area contributed by atoms with E-state index in [0.717, 1.165) is 33.0 Å². The van der Waals surface area contributed by atoms with E-state index in [9.17, 15) is 4.79 Å². The predicted octanol–water partition coefficient (Wildman–Crippen LogP) is 3.63. The van der Waals surface area contributed by atoms with Crippen LogP contribution in [0.25, 0.3) is 11.0 Å². The standard InChI is InChI=1S/C16H18BrN3O/c1-8(11-5-9-2-3-10(11)4-9)18-13-7-15-14(6-12(13)17)19-16(21)20-15/h2-3,6-11,18H,4-5H2,1H3,(H2,19,20,21). The lowest BCUT2D eigenvalue weighted by Crippen LogP contribution is -2.28. The Morgan fingerprint density at radius 2 is 2.00 bits per heavy atom. The van der Waals surface area contributed by atoms with Crippen molar-refractivity contribution >= 4 is 32.7 Å². The second-order valence-corrected chi connectivity index (χ2v) is 7.19. The van der Waals surface area contributed by atoms with Crippen molar-refractivity contribution < 1.29 is 0 Å². The van der Waals surface area contributed by atoms with Gasteiger partial charge in [-0.05, 0) is 65.6 Å². The third-order valence-electron chi connectivity index (χ3n) is 4.96. The molecule has 2 aromatic rings. The van der Waals surface area contributed by atoms with Crippen LogP contribution in [-0.2, 0) is 0 Å². The van der Waals surface area contributed by atoms with Gasteiger partial charge < -0.3 is 15.3 Å². The Balaban J connectivity index is 1.60. The first-order chi connectivity index (χ1) is 10.1. The summed E-state index contributed by atoms with van der Waals surface area (Å²) in [5.74, 6) is 2.22. The number of nitrogens with one attached hydrogen (secondary N) is 3. The van der Waals surface area contributed by atoms with Gasteiger partial charge in [0.2, 0.25) is 0 Å². The van der Waals surface area contributed by atoms with Gasteiger partial charge in [-0.3, -0.25) is 0 Å². The van der Waals surface area contributed by atoms with E-state index in [1.165, 1.54) is 12.8 Å². The molecule has 5 heteroatoms. The number of halogens is 1. The predicted molar refractivity (Wildman–Crippen MR) is 88.5 cm³/mol.